The van der Waals surface area contributed by atoms with Crippen molar-refractivity contribution in [1.82, 2.24) is 0 Å². The van der Waals surface area contributed by atoms with Crippen LogP contribution < -0.4 is 0 Å². The maximum absolute atomic E-state index is 13.5. The largest absolute Gasteiger partial charge is 0.294 e. The average molecular weight is 231 g/mol. The van der Waals surface area contributed by atoms with Crippen molar-refractivity contribution in [3.05, 3.63) is 40.7 Å². The van der Waals surface area contributed by atoms with Crippen LogP contribution in [-0.4, -0.2) is 11.6 Å². The fourth-order valence-electron chi connectivity index (χ4n) is 1.32. The first kappa shape index (κ1) is 12.8. The van der Waals surface area contributed by atoms with E-state index in [1.807, 2.05) is 0 Å². The maximum atomic E-state index is 13.5. The lowest BCUT2D eigenvalue weighted by molar-refractivity contribution is -0.119. The monoisotopic (exact) mass is 231 g/mol. The number of benzene rings is 1. The van der Waals surface area contributed by atoms with E-state index in [-0.39, 0.29) is 16.7 Å². The van der Waals surface area contributed by atoms with Crippen LogP contribution in [0.25, 0.3) is 6.08 Å². The number of ketones is 2. The highest BCUT2D eigenvalue weighted by molar-refractivity contribution is 6.21. The van der Waals surface area contributed by atoms with Gasteiger partial charge in [-0.3, -0.25) is 9.59 Å². The van der Waals surface area contributed by atoms with E-state index in [1.54, 1.807) is 6.07 Å². The van der Waals surface area contributed by atoms with Crippen LogP contribution in [0.2, 0.25) is 0 Å². The molecule has 0 amide bonds. The molecule has 0 atom stereocenters. The first-order chi connectivity index (χ1) is 7.95. The van der Waals surface area contributed by atoms with Crippen molar-refractivity contribution >= 4 is 17.6 Å². The second-order valence-corrected chi connectivity index (χ2v) is 3.52. The highest BCUT2D eigenvalue weighted by Gasteiger charge is 2.11. The summed E-state index contributed by atoms with van der Waals surface area (Å²) in [6.07, 6.45) is 1.20. The minimum absolute atomic E-state index is 0.0615. The molecule has 0 aliphatic carbocycles. The van der Waals surface area contributed by atoms with Crippen molar-refractivity contribution in [1.29, 1.82) is 5.26 Å². The number of hydrogen-bond acceptors (Lipinski definition) is 3. The molecule has 0 fully saturated rings. The molecule has 0 bridgehead atoms. The van der Waals surface area contributed by atoms with Crippen molar-refractivity contribution in [2.45, 2.75) is 13.8 Å². The summed E-state index contributed by atoms with van der Waals surface area (Å²) in [5, 5.41) is 8.57. The third-order valence-electron chi connectivity index (χ3n) is 2.19. The lowest BCUT2D eigenvalue weighted by Gasteiger charge is -2.01. The highest BCUT2D eigenvalue weighted by atomic mass is 19.1. The molecule has 1 aromatic rings. The molecule has 0 heterocycles. The van der Waals surface area contributed by atoms with E-state index in [0.29, 0.717) is 0 Å². The number of allylic oxidation sites excluding steroid dienone is 1. The number of nitrogens with zero attached hydrogens (tertiary/aromatic N) is 1. The normalized spacial score (nSPS) is 9.29. The predicted octanol–water partition coefficient (Wildman–Crippen LogP) is 2.26. The summed E-state index contributed by atoms with van der Waals surface area (Å²) in [5.41, 5.74) is 0.241. The summed E-state index contributed by atoms with van der Waals surface area (Å²) < 4.78 is 13.5. The minimum atomic E-state index is -0.635. The maximum Gasteiger partial charge on any atom is 0.163 e. The van der Waals surface area contributed by atoms with Gasteiger partial charge in [-0.05, 0) is 32.1 Å². The second-order valence-electron chi connectivity index (χ2n) is 3.52. The molecular weight excluding hydrogens is 221 g/mol. The van der Waals surface area contributed by atoms with Gasteiger partial charge in [0.1, 0.15) is 5.82 Å². The summed E-state index contributed by atoms with van der Waals surface area (Å²) in [6.45, 7) is 2.49. The van der Waals surface area contributed by atoms with Crippen molar-refractivity contribution in [3.8, 4) is 6.07 Å². The third-order valence-corrected chi connectivity index (χ3v) is 2.19. The Hall–Kier alpha value is -2.28. The summed E-state index contributed by atoms with van der Waals surface area (Å²) in [7, 11) is 0. The van der Waals surface area contributed by atoms with Crippen LogP contribution in [-0.2, 0) is 9.59 Å². The van der Waals surface area contributed by atoms with E-state index in [9.17, 15) is 14.0 Å². The van der Waals surface area contributed by atoms with E-state index in [4.69, 9.17) is 5.26 Å². The van der Waals surface area contributed by atoms with E-state index in [2.05, 4.69) is 0 Å². The number of carbonyl (C=O) groups is 2. The topological polar surface area (TPSA) is 57.9 Å². The number of nitriles is 1. The molecule has 0 N–H and O–H groups in total. The fourth-order valence-corrected chi connectivity index (χ4v) is 1.32. The summed E-state index contributed by atoms with van der Waals surface area (Å²) in [5.74, 6) is -1.47. The molecule has 0 saturated heterocycles. The minimum Gasteiger partial charge on any atom is -0.294 e. The van der Waals surface area contributed by atoms with Gasteiger partial charge in [0.15, 0.2) is 11.6 Å². The smallest absolute Gasteiger partial charge is 0.163 e. The van der Waals surface area contributed by atoms with Gasteiger partial charge in [-0.1, -0.05) is 6.07 Å². The Bertz CT molecular complexity index is 537. The van der Waals surface area contributed by atoms with Crippen LogP contribution >= 0.6 is 0 Å². The molecule has 0 saturated carbocycles. The molecule has 0 radical (unpaired) electrons. The summed E-state index contributed by atoms with van der Waals surface area (Å²) >= 11 is 0. The van der Waals surface area contributed by atoms with Crippen molar-refractivity contribution < 1.29 is 14.0 Å². The molecule has 4 heteroatoms. The van der Waals surface area contributed by atoms with Crippen LogP contribution in [0, 0.1) is 17.1 Å². The summed E-state index contributed by atoms with van der Waals surface area (Å²) in [4.78, 5) is 22.3. The molecular formula is C13H10FNO2. The molecule has 1 aromatic carbocycles. The second kappa shape index (κ2) is 5.17. The Balaban J connectivity index is 3.27. The number of rotatable bonds is 3. The van der Waals surface area contributed by atoms with Gasteiger partial charge in [0, 0.05) is 5.56 Å². The molecule has 3 nitrogen and oxygen atoms in total. The van der Waals surface area contributed by atoms with E-state index in [1.165, 1.54) is 32.1 Å². The molecule has 17 heavy (non-hydrogen) atoms. The molecule has 0 aliphatic rings. The molecule has 0 aliphatic heterocycles. The number of Topliss-reactive ketones (excluding diaryl/α,β-unsaturated/α-hetero) is 2. The van der Waals surface area contributed by atoms with E-state index >= 15 is 0 Å². The zero-order chi connectivity index (χ0) is 13.0. The highest BCUT2D eigenvalue weighted by Crippen LogP contribution is 2.14. The SMILES string of the molecule is CC(=O)C(=Cc1ccc(C#N)cc1F)C(C)=O. The number of hydrogen-bond donors (Lipinski definition) is 0. The van der Waals surface area contributed by atoms with Crippen molar-refractivity contribution in [3.63, 3.8) is 0 Å². The Morgan fingerprint density at radius 3 is 2.29 bits per heavy atom. The van der Waals surface area contributed by atoms with Crippen molar-refractivity contribution in [2.24, 2.45) is 0 Å². The van der Waals surface area contributed by atoms with Gasteiger partial charge in [-0.2, -0.15) is 5.26 Å². The van der Waals surface area contributed by atoms with Gasteiger partial charge in [0.2, 0.25) is 0 Å². The van der Waals surface area contributed by atoms with Gasteiger partial charge < -0.3 is 0 Å². The Kier molecular flexibility index (Phi) is 3.89. The molecule has 0 unspecified atom stereocenters. The lowest BCUT2D eigenvalue weighted by atomic mass is 10.0. The zero-order valence-corrected chi connectivity index (χ0v) is 9.45. The molecule has 0 aromatic heterocycles. The Morgan fingerprint density at radius 1 is 1.29 bits per heavy atom. The first-order valence-corrected chi connectivity index (χ1v) is 4.89. The Labute approximate surface area is 98.2 Å². The average Bonchev–Trinajstić information content (AvgIpc) is 2.26. The fraction of sp³-hybridized carbons (Fsp3) is 0.154. The van der Waals surface area contributed by atoms with Crippen molar-refractivity contribution in [2.75, 3.05) is 0 Å². The number of carbonyl (C=O) groups excluding carboxylic acids is 2. The Morgan fingerprint density at radius 2 is 1.88 bits per heavy atom. The van der Waals surface area contributed by atoms with Crippen LogP contribution in [0.15, 0.2) is 23.8 Å². The van der Waals surface area contributed by atoms with Crippen LogP contribution in [0.4, 0.5) is 4.39 Å². The standard InChI is InChI=1S/C13H10FNO2/c1-8(16)12(9(2)17)6-11-4-3-10(7-15)5-13(11)14/h3-6H,1-2H3. The van der Waals surface area contributed by atoms with E-state index < -0.39 is 17.4 Å². The van der Waals surface area contributed by atoms with Gasteiger partial charge in [-0.15, -0.1) is 0 Å². The first-order valence-electron chi connectivity index (χ1n) is 4.89. The van der Waals surface area contributed by atoms with Gasteiger partial charge in [0.05, 0.1) is 17.2 Å². The predicted molar refractivity (Wildman–Crippen MR) is 60.5 cm³/mol. The number of halogens is 1. The van der Waals surface area contributed by atoms with Crippen LogP contribution in [0.3, 0.4) is 0 Å². The molecule has 0 spiro atoms. The molecule has 86 valence electrons. The van der Waals surface area contributed by atoms with Gasteiger partial charge >= 0.3 is 0 Å². The van der Waals surface area contributed by atoms with Crippen LogP contribution in [0.1, 0.15) is 25.0 Å². The van der Waals surface area contributed by atoms with Crippen LogP contribution in [0.5, 0.6) is 0 Å². The van der Waals surface area contributed by atoms with Gasteiger partial charge in [0.25, 0.3) is 0 Å². The summed E-state index contributed by atoms with van der Waals surface area (Å²) in [6, 6.07) is 5.64. The quantitative estimate of drug-likeness (QED) is 0.455. The van der Waals surface area contributed by atoms with E-state index in [0.717, 1.165) is 6.07 Å². The third kappa shape index (κ3) is 3.08. The molecule has 1 rings (SSSR count). The lowest BCUT2D eigenvalue weighted by Crippen LogP contribution is -2.06. The van der Waals surface area contributed by atoms with Gasteiger partial charge in [-0.25, -0.2) is 4.39 Å². The zero-order valence-electron chi connectivity index (χ0n) is 9.45.